The average molecular weight is 284 g/mol. The van der Waals surface area contributed by atoms with Crippen molar-refractivity contribution in [2.45, 2.75) is 13.0 Å². The van der Waals surface area contributed by atoms with Crippen LogP contribution >= 0.6 is 0 Å². The van der Waals surface area contributed by atoms with Gasteiger partial charge in [-0.3, -0.25) is 4.79 Å². The molecular weight excluding hydrogens is 268 g/mol. The lowest BCUT2D eigenvalue weighted by atomic mass is 10.0. The van der Waals surface area contributed by atoms with Crippen LogP contribution < -0.4 is 4.74 Å². The third-order valence-corrected chi connectivity index (χ3v) is 2.98. The number of rotatable bonds is 5. The minimum absolute atomic E-state index is 0.0910. The molecule has 0 fully saturated rings. The van der Waals surface area contributed by atoms with Crippen molar-refractivity contribution in [3.8, 4) is 5.75 Å². The van der Waals surface area contributed by atoms with E-state index in [1.54, 1.807) is 43.3 Å². The van der Waals surface area contributed by atoms with Crippen molar-refractivity contribution >= 4 is 11.8 Å². The fraction of sp³-hybridized carbons (Fsp3) is 0.176. The van der Waals surface area contributed by atoms with Crippen LogP contribution in [0, 0.1) is 0 Å². The Morgan fingerprint density at radius 1 is 0.952 bits per heavy atom. The molecule has 0 aromatic heterocycles. The van der Waals surface area contributed by atoms with Crippen LogP contribution in [0.1, 0.15) is 22.8 Å². The lowest BCUT2D eigenvalue weighted by Gasteiger charge is -2.13. The van der Waals surface area contributed by atoms with E-state index in [9.17, 15) is 9.59 Å². The van der Waals surface area contributed by atoms with E-state index in [-0.39, 0.29) is 5.78 Å². The Balaban J connectivity index is 2.18. The zero-order valence-corrected chi connectivity index (χ0v) is 11.9. The molecular formula is C17H16O4. The van der Waals surface area contributed by atoms with E-state index in [4.69, 9.17) is 4.74 Å². The van der Waals surface area contributed by atoms with Crippen molar-refractivity contribution in [3.63, 3.8) is 0 Å². The van der Waals surface area contributed by atoms with Gasteiger partial charge in [0.2, 0.25) is 0 Å². The Bertz CT molecular complexity index is 634. The zero-order chi connectivity index (χ0) is 15.2. The number of hydrogen-bond donors (Lipinski definition) is 0. The molecule has 0 radical (unpaired) electrons. The molecule has 0 amide bonds. The predicted molar refractivity (Wildman–Crippen MR) is 78.4 cm³/mol. The van der Waals surface area contributed by atoms with Gasteiger partial charge in [0.1, 0.15) is 5.75 Å². The standard InChI is InChI=1S/C17H16O4/c1-12(17(19)20-2)21-15-10-6-9-14(11-15)16(18)13-7-4-3-5-8-13/h3-12H,1-2H3. The minimum atomic E-state index is -0.725. The van der Waals surface area contributed by atoms with Gasteiger partial charge < -0.3 is 9.47 Å². The summed E-state index contributed by atoms with van der Waals surface area (Å²) in [6.45, 7) is 1.59. The van der Waals surface area contributed by atoms with Crippen molar-refractivity contribution in [2.75, 3.05) is 7.11 Å². The first kappa shape index (κ1) is 14.8. The summed E-state index contributed by atoms with van der Waals surface area (Å²) in [4.78, 5) is 23.7. The largest absolute Gasteiger partial charge is 0.479 e. The van der Waals surface area contributed by atoms with Gasteiger partial charge in [-0.15, -0.1) is 0 Å². The topological polar surface area (TPSA) is 52.6 Å². The predicted octanol–water partition coefficient (Wildman–Crippen LogP) is 2.86. The Kier molecular flexibility index (Phi) is 4.72. The fourth-order valence-electron chi connectivity index (χ4n) is 1.89. The van der Waals surface area contributed by atoms with E-state index in [0.717, 1.165) is 0 Å². The quantitative estimate of drug-likeness (QED) is 0.626. The first-order valence-electron chi connectivity index (χ1n) is 6.56. The van der Waals surface area contributed by atoms with Crippen molar-refractivity contribution < 1.29 is 19.1 Å². The van der Waals surface area contributed by atoms with Crippen LogP contribution in [-0.4, -0.2) is 25.0 Å². The molecule has 0 aliphatic heterocycles. The minimum Gasteiger partial charge on any atom is -0.479 e. The van der Waals surface area contributed by atoms with Crippen molar-refractivity contribution in [2.24, 2.45) is 0 Å². The molecule has 108 valence electrons. The molecule has 2 aromatic carbocycles. The van der Waals surface area contributed by atoms with E-state index < -0.39 is 12.1 Å². The van der Waals surface area contributed by atoms with Gasteiger partial charge in [-0.25, -0.2) is 4.79 Å². The molecule has 0 saturated carbocycles. The monoisotopic (exact) mass is 284 g/mol. The number of benzene rings is 2. The third kappa shape index (κ3) is 3.69. The maximum atomic E-state index is 12.3. The first-order valence-corrected chi connectivity index (χ1v) is 6.56. The maximum Gasteiger partial charge on any atom is 0.346 e. The number of ketones is 1. The molecule has 4 heteroatoms. The Morgan fingerprint density at radius 3 is 2.29 bits per heavy atom. The highest BCUT2D eigenvalue weighted by Crippen LogP contribution is 2.18. The molecule has 2 rings (SSSR count). The van der Waals surface area contributed by atoms with Gasteiger partial charge in [-0.2, -0.15) is 0 Å². The van der Waals surface area contributed by atoms with Gasteiger partial charge in [-0.1, -0.05) is 42.5 Å². The zero-order valence-electron chi connectivity index (χ0n) is 11.9. The summed E-state index contributed by atoms with van der Waals surface area (Å²) in [6.07, 6.45) is -0.725. The Labute approximate surface area is 123 Å². The normalized spacial score (nSPS) is 11.5. The molecule has 0 aliphatic carbocycles. The van der Waals surface area contributed by atoms with E-state index >= 15 is 0 Å². The van der Waals surface area contributed by atoms with Crippen LogP contribution in [0.25, 0.3) is 0 Å². The summed E-state index contributed by atoms with van der Waals surface area (Å²) in [6, 6.07) is 15.7. The molecule has 1 unspecified atom stereocenters. The molecule has 2 aromatic rings. The molecule has 0 bridgehead atoms. The number of ether oxygens (including phenoxy) is 2. The SMILES string of the molecule is COC(=O)C(C)Oc1cccc(C(=O)c2ccccc2)c1. The van der Waals surface area contributed by atoms with Gasteiger partial charge >= 0.3 is 5.97 Å². The smallest absolute Gasteiger partial charge is 0.346 e. The molecule has 0 spiro atoms. The lowest BCUT2D eigenvalue weighted by Crippen LogP contribution is -2.24. The number of esters is 1. The molecule has 1 atom stereocenters. The van der Waals surface area contributed by atoms with E-state index in [1.165, 1.54) is 7.11 Å². The van der Waals surface area contributed by atoms with Crippen LogP contribution in [0.4, 0.5) is 0 Å². The van der Waals surface area contributed by atoms with Crippen LogP contribution in [0.3, 0.4) is 0 Å². The van der Waals surface area contributed by atoms with Crippen LogP contribution in [0.15, 0.2) is 54.6 Å². The number of carbonyl (C=O) groups excluding carboxylic acids is 2. The van der Waals surface area contributed by atoms with Crippen molar-refractivity contribution in [1.29, 1.82) is 0 Å². The number of methoxy groups -OCH3 is 1. The van der Waals surface area contributed by atoms with Crippen molar-refractivity contribution in [3.05, 3.63) is 65.7 Å². The van der Waals surface area contributed by atoms with Crippen LogP contribution in [0.2, 0.25) is 0 Å². The maximum absolute atomic E-state index is 12.3. The van der Waals surface area contributed by atoms with Gasteiger partial charge in [0.15, 0.2) is 11.9 Å². The average Bonchev–Trinajstić information content (AvgIpc) is 2.54. The lowest BCUT2D eigenvalue weighted by molar-refractivity contribution is -0.147. The highest BCUT2D eigenvalue weighted by molar-refractivity contribution is 6.09. The number of hydrogen-bond acceptors (Lipinski definition) is 4. The summed E-state index contributed by atoms with van der Waals surface area (Å²) in [5.74, 6) is -0.101. The molecule has 0 aliphatic rings. The Morgan fingerprint density at radius 2 is 1.62 bits per heavy atom. The fourth-order valence-corrected chi connectivity index (χ4v) is 1.89. The Hall–Kier alpha value is -2.62. The second-order valence-corrected chi connectivity index (χ2v) is 4.51. The van der Waals surface area contributed by atoms with E-state index in [0.29, 0.717) is 16.9 Å². The first-order chi connectivity index (χ1) is 10.1. The van der Waals surface area contributed by atoms with Crippen molar-refractivity contribution in [1.82, 2.24) is 0 Å². The summed E-state index contributed by atoms with van der Waals surface area (Å²) < 4.78 is 10.1. The highest BCUT2D eigenvalue weighted by atomic mass is 16.6. The second-order valence-electron chi connectivity index (χ2n) is 4.51. The van der Waals surface area contributed by atoms with Crippen LogP contribution in [0.5, 0.6) is 5.75 Å². The summed E-state index contributed by atoms with van der Waals surface area (Å²) in [7, 11) is 1.30. The number of carbonyl (C=O) groups is 2. The van der Waals surface area contributed by atoms with Gasteiger partial charge in [0, 0.05) is 11.1 Å². The van der Waals surface area contributed by atoms with E-state index in [1.807, 2.05) is 18.2 Å². The summed E-state index contributed by atoms with van der Waals surface area (Å²) in [5, 5.41) is 0. The molecule has 0 N–H and O–H groups in total. The van der Waals surface area contributed by atoms with Gasteiger partial charge in [0.25, 0.3) is 0 Å². The molecule has 0 heterocycles. The molecule has 4 nitrogen and oxygen atoms in total. The second kappa shape index (κ2) is 6.70. The summed E-state index contributed by atoms with van der Waals surface area (Å²) >= 11 is 0. The van der Waals surface area contributed by atoms with E-state index in [2.05, 4.69) is 4.74 Å². The highest BCUT2D eigenvalue weighted by Gasteiger charge is 2.16. The molecule has 0 saturated heterocycles. The van der Waals surface area contributed by atoms with Gasteiger partial charge in [0.05, 0.1) is 7.11 Å². The third-order valence-electron chi connectivity index (χ3n) is 2.98. The van der Waals surface area contributed by atoms with Crippen LogP contribution in [-0.2, 0) is 9.53 Å². The van der Waals surface area contributed by atoms with Gasteiger partial charge in [-0.05, 0) is 19.1 Å². The summed E-state index contributed by atoms with van der Waals surface area (Å²) in [5.41, 5.74) is 1.12. The molecule has 21 heavy (non-hydrogen) atoms.